The molecule has 1 fully saturated rings. The highest BCUT2D eigenvalue weighted by Crippen LogP contribution is 2.55. The highest BCUT2D eigenvalue weighted by atomic mass is 35.5. The summed E-state index contributed by atoms with van der Waals surface area (Å²) < 4.78 is 40.9. The number of rotatable bonds is 3. The van der Waals surface area contributed by atoms with Crippen molar-refractivity contribution < 1.29 is 13.2 Å². The average Bonchev–Trinajstić information content (AvgIpc) is 3.10. The molecule has 0 radical (unpaired) electrons. The van der Waals surface area contributed by atoms with Crippen LogP contribution >= 0.6 is 11.6 Å². The van der Waals surface area contributed by atoms with Crippen molar-refractivity contribution in [3.63, 3.8) is 0 Å². The second kappa shape index (κ2) is 5.66. The van der Waals surface area contributed by atoms with Gasteiger partial charge in [0.15, 0.2) is 5.65 Å². The Bertz CT molecular complexity index is 1160. The highest BCUT2D eigenvalue weighted by molar-refractivity contribution is 6.29. The molecule has 0 aromatic carbocycles. The second-order valence-electron chi connectivity index (χ2n) is 6.65. The molecule has 1 aliphatic rings. The summed E-state index contributed by atoms with van der Waals surface area (Å²) in [5.41, 5.74) is 2.88. The summed E-state index contributed by atoms with van der Waals surface area (Å²) in [4.78, 5) is 8.76. The number of hydrogen-bond donors (Lipinski definition) is 0. The van der Waals surface area contributed by atoms with Crippen LogP contribution in [-0.2, 0) is 6.54 Å². The van der Waals surface area contributed by atoms with E-state index in [9.17, 15) is 13.2 Å². The predicted octanol–water partition coefficient (Wildman–Crippen LogP) is 3.96. The topological polar surface area (TPSA) is 60.9 Å². The van der Waals surface area contributed by atoms with Crippen LogP contribution in [0.15, 0.2) is 36.9 Å². The van der Waals surface area contributed by atoms with E-state index in [1.807, 2.05) is 0 Å². The maximum Gasteiger partial charge on any atom is 0.408 e. The monoisotopic (exact) mass is 392 g/mol. The molecule has 4 aromatic heterocycles. The lowest BCUT2D eigenvalue weighted by molar-refractivity contribution is -0.141. The van der Waals surface area contributed by atoms with Crippen molar-refractivity contribution in [1.29, 1.82) is 0 Å². The Morgan fingerprint density at radius 2 is 2.00 bits per heavy atom. The largest absolute Gasteiger partial charge is 0.408 e. The average molecular weight is 393 g/mol. The fourth-order valence-electron chi connectivity index (χ4n) is 3.53. The van der Waals surface area contributed by atoms with Gasteiger partial charge in [0.25, 0.3) is 0 Å². The smallest absolute Gasteiger partial charge is 0.260 e. The van der Waals surface area contributed by atoms with Crippen molar-refractivity contribution in [2.75, 3.05) is 0 Å². The van der Waals surface area contributed by atoms with Crippen molar-refractivity contribution in [2.24, 2.45) is 0 Å². The molecule has 0 aliphatic heterocycles. The Labute approximate surface area is 155 Å². The first-order valence-corrected chi connectivity index (χ1v) is 8.65. The number of nitrogens with zero attached hydrogens (tertiary/aromatic N) is 6. The van der Waals surface area contributed by atoms with E-state index in [1.165, 1.54) is 6.20 Å². The van der Waals surface area contributed by atoms with Crippen LogP contribution in [0.4, 0.5) is 13.2 Å². The molecule has 0 saturated heterocycles. The molecule has 1 aliphatic carbocycles. The van der Waals surface area contributed by atoms with Gasteiger partial charge in [-0.15, -0.1) is 0 Å². The molecule has 5 rings (SSSR count). The number of hydrogen-bond acceptors (Lipinski definition) is 4. The number of halogens is 4. The molecule has 2 atom stereocenters. The van der Waals surface area contributed by atoms with E-state index in [2.05, 4.69) is 20.2 Å². The van der Waals surface area contributed by atoms with Gasteiger partial charge in [-0.05, 0) is 24.5 Å². The lowest BCUT2D eigenvalue weighted by Crippen LogP contribution is -2.18. The van der Waals surface area contributed by atoms with E-state index in [0.717, 1.165) is 28.0 Å². The van der Waals surface area contributed by atoms with Crippen molar-refractivity contribution in [3.05, 3.63) is 53.3 Å². The third kappa shape index (κ3) is 2.91. The molecule has 0 spiro atoms. The molecule has 0 bridgehead atoms. The summed E-state index contributed by atoms with van der Waals surface area (Å²) in [5, 5.41) is 8.97. The zero-order valence-electron chi connectivity index (χ0n) is 13.7. The molecular weight excluding hydrogens is 381 g/mol. The zero-order chi connectivity index (χ0) is 18.8. The lowest BCUT2D eigenvalue weighted by atomic mass is 10.1. The number of alkyl halides is 3. The van der Waals surface area contributed by atoms with Crippen LogP contribution in [0.1, 0.15) is 29.5 Å². The molecule has 0 N–H and O–H groups in total. The standard InChI is InChI=1S/C17H12ClF3N6/c18-15-4-12(16-22-1-2-26(16)25-15)10-3-11(10)13-5-14-9(6-23-13)7-24-27(14)8-17(19,20)21/h1-2,4-7,10-11H,3,8H2/t10?,11-/m0/s1. The predicted molar refractivity (Wildman–Crippen MR) is 91.7 cm³/mol. The molecule has 1 unspecified atom stereocenters. The van der Waals surface area contributed by atoms with Crippen molar-refractivity contribution in [2.45, 2.75) is 31.0 Å². The molecular formula is C17H12ClF3N6. The van der Waals surface area contributed by atoms with E-state index in [1.54, 1.807) is 35.2 Å². The van der Waals surface area contributed by atoms with Crippen LogP contribution < -0.4 is 0 Å². The second-order valence-corrected chi connectivity index (χ2v) is 7.04. The van der Waals surface area contributed by atoms with Crippen LogP contribution in [0, 0.1) is 0 Å². The van der Waals surface area contributed by atoms with Gasteiger partial charge in [-0.25, -0.2) is 9.50 Å². The molecule has 4 heterocycles. The van der Waals surface area contributed by atoms with Crippen LogP contribution in [0.3, 0.4) is 0 Å². The highest BCUT2D eigenvalue weighted by Gasteiger charge is 2.42. The number of pyridine rings is 1. The third-order valence-electron chi connectivity index (χ3n) is 4.80. The van der Waals surface area contributed by atoms with Gasteiger partial charge in [-0.2, -0.15) is 23.4 Å². The third-order valence-corrected chi connectivity index (χ3v) is 4.99. The van der Waals surface area contributed by atoms with E-state index in [-0.39, 0.29) is 11.8 Å². The van der Waals surface area contributed by atoms with Gasteiger partial charge in [0, 0.05) is 41.2 Å². The quantitative estimate of drug-likeness (QED) is 0.529. The Morgan fingerprint density at radius 3 is 2.81 bits per heavy atom. The Balaban J connectivity index is 1.50. The molecule has 138 valence electrons. The first kappa shape index (κ1) is 16.5. The summed E-state index contributed by atoms with van der Waals surface area (Å²) in [6.07, 6.45) is 2.85. The summed E-state index contributed by atoms with van der Waals surface area (Å²) in [6, 6.07) is 3.49. The van der Waals surface area contributed by atoms with Gasteiger partial charge in [-0.1, -0.05) is 11.6 Å². The SMILES string of the molecule is FC(F)(F)Cn1ncc2cnc([C@H]3CC3c3cc(Cl)nn4ccnc34)cc21. The minimum Gasteiger partial charge on any atom is -0.260 e. The summed E-state index contributed by atoms with van der Waals surface area (Å²) >= 11 is 6.10. The first-order valence-electron chi connectivity index (χ1n) is 8.27. The fourth-order valence-corrected chi connectivity index (χ4v) is 3.73. The van der Waals surface area contributed by atoms with Crippen molar-refractivity contribution >= 4 is 28.2 Å². The van der Waals surface area contributed by atoms with E-state index < -0.39 is 12.7 Å². The zero-order valence-corrected chi connectivity index (χ0v) is 14.5. The lowest BCUT2D eigenvalue weighted by Gasteiger charge is -2.08. The fraction of sp³-hybridized carbons (Fsp3) is 0.294. The van der Waals surface area contributed by atoms with E-state index in [0.29, 0.717) is 16.1 Å². The van der Waals surface area contributed by atoms with Crippen LogP contribution in [0.5, 0.6) is 0 Å². The summed E-state index contributed by atoms with van der Waals surface area (Å²) in [5.74, 6) is 0.252. The van der Waals surface area contributed by atoms with Crippen molar-refractivity contribution in [3.8, 4) is 0 Å². The summed E-state index contributed by atoms with van der Waals surface area (Å²) in [7, 11) is 0. The van der Waals surface area contributed by atoms with Gasteiger partial charge in [0.1, 0.15) is 11.7 Å². The van der Waals surface area contributed by atoms with Gasteiger partial charge < -0.3 is 0 Å². The maximum atomic E-state index is 12.8. The van der Waals surface area contributed by atoms with Gasteiger partial charge in [0.2, 0.25) is 0 Å². The van der Waals surface area contributed by atoms with Crippen LogP contribution in [0.2, 0.25) is 5.15 Å². The molecule has 0 amide bonds. The van der Waals surface area contributed by atoms with Crippen LogP contribution in [0.25, 0.3) is 16.6 Å². The Morgan fingerprint density at radius 1 is 1.15 bits per heavy atom. The molecule has 1 saturated carbocycles. The normalized spacial score (nSPS) is 19.9. The molecule has 4 aromatic rings. The minimum atomic E-state index is -4.33. The van der Waals surface area contributed by atoms with Gasteiger partial charge in [0.05, 0.1) is 11.7 Å². The van der Waals surface area contributed by atoms with Gasteiger partial charge >= 0.3 is 6.18 Å². The van der Waals surface area contributed by atoms with Crippen LogP contribution in [-0.4, -0.2) is 35.5 Å². The molecule has 10 heteroatoms. The molecule has 6 nitrogen and oxygen atoms in total. The van der Waals surface area contributed by atoms with E-state index >= 15 is 0 Å². The number of fused-ring (bicyclic) bond motifs is 2. The maximum absolute atomic E-state index is 12.8. The van der Waals surface area contributed by atoms with E-state index in [4.69, 9.17) is 11.6 Å². The number of imidazole rings is 1. The molecule has 27 heavy (non-hydrogen) atoms. The Hall–Kier alpha value is -2.68. The van der Waals surface area contributed by atoms with Crippen molar-refractivity contribution in [1.82, 2.24) is 29.4 Å². The minimum absolute atomic E-state index is 0.0996. The van der Waals surface area contributed by atoms with Gasteiger partial charge in [-0.3, -0.25) is 9.67 Å². The summed E-state index contributed by atoms with van der Waals surface area (Å²) in [6.45, 7) is -1.12. The Kier molecular flexibility index (Phi) is 3.45. The first-order chi connectivity index (χ1) is 12.9. The number of aromatic nitrogens is 6.